The van der Waals surface area contributed by atoms with E-state index in [9.17, 15) is 79.0 Å². The molecule has 6 rings (SSSR count). The lowest BCUT2D eigenvalue weighted by Gasteiger charge is -2.17. The van der Waals surface area contributed by atoms with Crippen molar-refractivity contribution >= 4 is 32.3 Å². The SMILES string of the molecule is Fc1c(F)c(F)c2c(OCCOCCOCCOc3c(F)c(F)c(F)c4c(OCCOCCOCCOc5c(F)c(F)c(F)c6c(F)c(F)c(F)c(F)c56)c(F)c(F)c(F)c34)c(F)c(F)c(F)c2c1F. The van der Waals surface area contributed by atoms with Crippen LogP contribution in [0.3, 0.4) is 0 Å². The van der Waals surface area contributed by atoms with Crippen molar-refractivity contribution in [2.45, 2.75) is 0 Å². The van der Waals surface area contributed by atoms with Gasteiger partial charge in [0.1, 0.15) is 26.4 Å². The van der Waals surface area contributed by atoms with E-state index >= 15 is 8.78 Å². The number of benzene rings is 6. The first-order chi connectivity index (χ1) is 33.2. The highest BCUT2D eigenvalue weighted by atomic mass is 19.2. The molecule has 0 N–H and O–H groups in total. The third-order valence-corrected chi connectivity index (χ3v) is 9.55. The summed E-state index contributed by atoms with van der Waals surface area (Å²) in [6.45, 7) is -7.20. The quantitative estimate of drug-likeness (QED) is 0.0288. The lowest BCUT2D eigenvalue weighted by molar-refractivity contribution is 0.0266. The summed E-state index contributed by atoms with van der Waals surface area (Å²) >= 11 is 0. The molecule has 0 fully saturated rings. The lowest BCUT2D eigenvalue weighted by Crippen LogP contribution is -2.16. The second kappa shape index (κ2) is 22.2. The van der Waals surface area contributed by atoms with Crippen molar-refractivity contribution in [1.82, 2.24) is 0 Å². The second-order valence-electron chi connectivity index (χ2n) is 13.7. The van der Waals surface area contributed by atoms with E-state index in [1.807, 2.05) is 0 Å². The van der Waals surface area contributed by atoms with Crippen molar-refractivity contribution < 1.29 is 126 Å². The van der Waals surface area contributed by atoms with Crippen LogP contribution in [0.15, 0.2) is 0 Å². The van der Waals surface area contributed by atoms with E-state index in [1.54, 1.807) is 0 Å². The van der Waals surface area contributed by atoms with Gasteiger partial charge in [0.05, 0.1) is 85.2 Å². The molecule has 0 unspecified atom stereocenters. The molecule has 28 heteroatoms. The van der Waals surface area contributed by atoms with Crippen LogP contribution in [0, 0.1) is 116 Å². The monoisotopic (exact) mass is 1040 g/mol. The summed E-state index contributed by atoms with van der Waals surface area (Å²) in [4.78, 5) is 0. The Bertz CT molecular complexity index is 2780. The summed E-state index contributed by atoms with van der Waals surface area (Å²) in [5.41, 5.74) is 0. The van der Waals surface area contributed by atoms with Gasteiger partial charge in [-0.05, 0) is 0 Å². The van der Waals surface area contributed by atoms with Crippen LogP contribution in [0.2, 0.25) is 0 Å². The molecule has 0 aliphatic heterocycles. The van der Waals surface area contributed by atoms with Crippen molar-refractivity contribution in [2.75, 3.05) is 79.3 Å². The van der Waals surface area contributed by atoms with Crippen molar-refractivity contribution in [3.8, 4) is 23.0 Å². The molecule has 0 atom stereocenters. The fourth-order valence-corrected chi connectivity index (χ4v) is 6.41. The highest BCUT2D eigenvalue weighted by molar-refractivity contribution is 5.95. The Morgan fingerprint density at radius 3 is 0.500 bits per heavy atom. The van der Waals surface area contributed by atoms with E-state index in [4.69, 9.17) is 37.9 Å². The van der Waals surface area contributed by atoms with Crippen molar-refractivity contribution in [1.29, 1.82) is 0 Å². The largest absolute Gasteiger partial charge is 0.487 e. The van der Waals surface area contributed by atoms with Crippen LogP contribution < -0.4 is 18.9 Å². The normalized spacial score (nSPS) is 11.8. The molecule has 0 bridgehead atoms. The minimum Gasteiger partial charge on any atom is -0.487 e. The zero-order valence-corrected chi connectivity index (χ0v) is 34.3. The van der Waals surface area contributed by atoms with Gasteiger partial charge in [-0.3, -0.25) is 0 Å². The third-order valence-electron chi connectivity index (χ3n) is 9.55. The van der Waals surface area contributed by atoms with Gasteiger partial charge in [-0.2, -0.15) is 17.6 Å². The lowest BCUT2D eigenvalue weighted by atomic mass is 10.1. The standard InChI is InChI=1S/C42H24F20O8/c43-19-13-15(23(47)29(53)27(19)51)39(35(59)31(55)21(13)45)67-9-5-63-1-3-65-7-11-69-41-17-18(26(50)33(57)37(41)61)42(38(62)34(58)25(17)49)70-12-8-66-4-2-64-6-10-68-40-16-14(22(46)32(56)36(40)60)20(44)28(52)30(54)24(16)48/h1-12H2. The highest BCUT2D eigenvalue weighted by Gasteiger charge is 2.35. The molecule has 70 heavy (non-hydrogen) atoms. The topological polar surface area (TPSA) is 73.8 Å². The van der Waals surface area contributed by atoms with Gasteiger partial charge in [-0.15, -0.1) is 0 Å². The molecule has 0 saturated carbocycles. The summed E-state index contributed by atoms with van der Waals surface area (Å²) in [6, 6.07) is 0. The van der Waals surface area contributed by atoms with E-state index < -0.39 is 251 Å². The van der Waals surface area contributed by atoms with Crippen molar-refractivity contribution in [3.05, 3.63) is 116 Å². The van der Waals surface area contributed by atoms with Crippen molar-refractivity contribution in [3.63, 3.8) is 0 Å². The van der Waals surface area contributed by atoms with Crippen molar-refractivity contribution in [2.24, 2.45) is 0 Å². The number of fused-ring (bicyclic) bond motifs is 3. The summed E-state index contributed by atoms with van der Waals surface area (Å²) in [5, 5.41) is -9.68. The second-order valence-corrected chi connectivity index (χ2v) is 13.7. The van der Waals surface area contributed by atoms with Crippen LogP contribution in [0.4, 0.5) is 87.8 Å². The number of halogens is 20. The molecule has 0 aliphatic carbocycles. The molecule has 0 saturated heterocycles. The summed E-state index contributed by atoms with van der Waals surface area (Å²) < 4.78 is 326. The Balaban J connectivity index is 0.969. The molecular weight excluding hydrogens is 1010 g/mol. The van der Waals surface area contributed by atoms with E-state index in [2.05, 4.69) is 0 Å². The van der Waals surface area contributed by atoms with E-state index in [0.717, 1.165) is 0 Å². The van der Waals surface area contributed by atoms with Gasteiger partial charge in [0.15, 0.2) is 116 Å². The smallest absolute Gasteiger partial charge is 0.204 e. The molecule has 0 amide bonds. The first kappa shape index (κ1) is 53.1. The van der Waals surface area contributed by atoms with Gasteiger partial charge in [-0.25, -0.2) is 70.2 Å². The van der Waals surface area contributed by atoms with Gasteiger partial charge >= 0.3 is 0 Å². The Morgan fingerprint density at radius 2 is 0.300 bits per heavy atom. The van der Waals surface area contributed by atoms with E-state index in [1.165, 1.54) is 0 Å². The van der Waals surface area contributed by atoms with Gasteiger partial charge in [0.25, 0.3) is 0 Å². The van der Waals surface area contributed by atoms with E-state index in [0.29, 0.717) is 0 Å². The van der Waals surface area contributed by atoms with Gasteiger partial charge in [0.2, 0.25) is 23.3 Å². The molecule has 6 aromatic rings. The predicted octanol–water partition coefficient (Wildman–Crippen LogP) is 10.9. The molecule has 6 aromatic carbocycles. The number of ether oxygens (including phenoxy) is 8. The molecule has 0 spiro atoms. The number of rotatable bonds is 22. The zero-order valence-electron chi connectivity index (χ0n) is 34.3. The van der Waals surface area contributed by atoms with Crippen LogP contribution in [-0.4, -0.2) is 79.3 Å². The summed E-state index contributed by atoms with van der Waals surface area (Å²) in [7, 11) is 0. The molecule has 0 radical (unpaired) electrons. The molecule has 0 heterocycles. The number of hydrogen-bond donors (Lipinski definition) is 0. The third kappa shape index (κ3) is 9.89. The molecule has 380 valence electrons. The maximum atomic E-state index is 15.0. The molecule has 8 nitrogen and oxygen atoms in total. The van der Waals surface area contributed by atoms with E-state index in [-0.39, 0.29) is 0 Å². The van der Waals surface area contributed by atoms with Crippen LogP contribution in [-0.2, 0) is 18.9 Å². The predicted molar refractivity (Wildman–Crippen MR) is 196 cm³/mol. The van der Waals surface area contributed by atoms with Gasteiger partial charge < -0.3 is 37.9 Å². The van der Waals surface area contributed by atoms with Gasteiger partial charge in [0, 0.05) is 0 Å². The molecule has 0 aromatic heterocycles. The maximum Gasteiger partial charge on any atom is 0.204 e. The maximum absolute atomic E-state index is 15.0. The van der Waals surface area contributed by atoms with Crippen LogP contribution in [0.1, 0.15) is 0 Å². The Morgan fingerprint density at radius 1 is 0.157 bits per heavy atom. The van der Waals surface area contributed by atoms with Crippen LogP contribution in [0.5, 0.6) is 23.0 Å². The summed E-state index contributed by atoms with van der Waals surface area (Å²) in [6.07, 6.45) is 0. The minimum atomic E-state index is -2.51. The molecule has 0 aliphatic rings. The minimum absolute atomic E-state index is 0.397. The zero-order chi connectivity index (χ0) is 51.5. The Labute approximate surface area is 376 Å². The average molecular weight is 1040 g/mol. The Kier molecular flexibility index (Phi) is 16.9. The first-order valence-electron chi connectivity index (χ1n) is 19.3. The Hall–Kier alpha value is -6.26. The first-order valence-corrected chi connectivity index (χ1v) is 19.3. The average Bonchev–Trinajstić information content (AvgIpc) is 3.34. The fraction of sp³-hybridized carbons (Fsp3) is 0.286. The highest BCUT2D eigenvalue weighted by Crippen LogP contribution is 2.44. The van der Waals surface area contributed by atoms with Gasteiger partial charge in [-0.1, -0.05) is 0 Å². The summed E-state index contributed by atoms with van der Waals surface area (Å²) in [5.74, 6) is -52.9. The van der Waals surface area contributed by atoms with Crippen LogP contribution >= 0.6 is 0 Å². The fourth-order valence-electron chi connectivity index (χ4n) is 6.41. The molecular formula is C42H24F20O8. The number of hydrogen-bond acceptors (Lipinski definition) is 8. The van der Waals surface area contributed by atoms with Crippen LogP contribution in [0.25, 0.3) is 32.3 Å².